The van der Waals surface area contributed by atoms with E-state index in [1.807, 2.05) is 23.9 Å². The van der Waals surface area contributed by atoms with Crippen LogP contribution in [0.1, 0.15) is 30.5 Å². The molecule has 0 aliphatic carbocycles. The van der Waals surface area contributed by atoms with Gasteiger partial charge in [0.15, 0.2) is 0 Å². The van der Waals surface area contributed by atoms with Gasteiger partial charge in [0.2, 0.25) is 0 Å². The molecule has 2 N–H and O–H groups in total. The van der Waals surface area contributed by atoms with Gasteiger partial charge in [-0.3, -0.25) is 0 Å². The Morgan fingerprint density at radius 3 is 3.07 bits per heavy atom. The van der Waals surface area contributed by atoms with Gasteiger partial charge >= 0.3 is 0 Å². The summed E-state index contributed by atoms with van der Waals surface area (Å²) in [6.45, 7) is 2.23. The highest BCUT2D eigenvalue weighted by Crippen LogP contribution is 2.34. The highest BCUT2D eigenvalue weighted by Gasteiger charge is 2.19. The topological polar surface area (TPSA) is 26.0 Å². The van der Waals surface area contributed by atoms with E-state index in [4.69, 9.17) is 17.3 Å². The molecule has 1 unspecified atom stereocenters. The van der Waals surface area contributed by atoms with E-state index in [-0.39, 0.29) is 6.04 Å². The van der Waals surface area contributed by atoms with E-state index in [1.54, 1.807) is 0 Å². The lowest BCUT2D eigenvalue weighted by molar-refractivity contribution is 0.651. The summed E-state index contributed by atoms with van der Waals surface area (Å²) in [5.74, 6) is 1.06. The van der Waals surface area contributed by atoms with E-state index in [0.717, 1.165) is 17.2 Å². The normalized spacial score (nSPS) is 26.8. The van der Waals surface area contributed by atoms with Crippen LogP contribution in [0.3, 0.4) is 0 Å². The summed E-state index contributed by atoms with van der Waals surface area (Å²) in [5.41, 5.74) is 8.71. The third-order valence-corrected chi connectivity index (χ3v) is 4.09. The van der Waals surface area contributed by atoms with Crippen LogP contribution in [0.5, 0.6) is 0 Å². The van der Waals surface area contributed by atoms with Crippen LogP contribution >= 0.6 is 23.4 Å². The van der Waals surface area contributed by atoms with Crippen molar-refractivity contribution in [2.75, 3.05) is 0 Å². The molecule has 0 radical (unpaired) electrons. The van der Waals surface area contributed by atoms with Crippen molar-refractivity contribution in [1.82, 2.24) is 0 Å². The van der Waals surface area contributed by atoms with Crippen molar-refractivity contribution in [3.8, 4) is 0 Å². The predicted octanol–water partition coefficient (Wildman–Crippen LogP) is 3.37. The van der Waals surface area contributed by atoms with E-state index in [0.29, 0.717) is 5.25 Å². The second-order valence-corrected chi connectivity index (χ2v) is 5.67. The minimum atomic E-state index is 0.147. The number of hydrogen-bond acceptors (Lipinski definition) is 2. The van der Waals surface area contributed by atoms with Gasteiger partial charge in [0, 0.05) is 22.1 Å². The Balaban J connectivity index is 2.39. The first-order valence-electron chi connectivity index (χ1n) is 4.82. The van der Waals surface area contributed by atoms with Crippen molar-refractivity contribution < 1.29 is 0 Å². The molecule has 0 bridgehead atoms. The summed E-state index contributed by atoms with van der Waals surface area (Å²) in [6.07, 6.45) is 1.04. The molecule has 1 aliphatic rings. The van der Waals surface area contributed by atoms with Crippen LogP contribution < -0.4 is 5.73 Å². The molecule has 0 saturated heterocycles. The standard InChI is InChI=1S/C11H14ClNS/c1-7-4-11(13)10-5-9(12)3-2-8(10)6-14-7/h2-3,5,7,11H,4,6,13H2,1H3/t7?,11-/m1/s1. The maximum Gasteiger partial charge on any atom is 0.0409 e. The number of halogens is 1. The molecule has 2 atom stereocenters. The molecule has 1 aliphatic heterocycles. The predicted molar refractivity (Wildman–Crippen MR) is 63.8 cm³/mol. The molecule has 76 valence electrons. The zero-order valence-corrected chi connectivity index (χ0v) is 9.74. The van der Waals surface area contributed by atoms with Crippen LogP contribution in [0, 0.1) is 0 Å². The van der Waals surface area contributed by atoms with Crippen LogP contribution in [0.25, 0.3) is 0 Å². The van der Waals surface area contributed by atoms with Gasteiger partial charge in [-0.05, 0) is 29.7 Å². The number of rotatable bonds is 0. The van der Waals surface area contributed by atoms with Crippen LogP contribution in [0.15, 0.2) is 18.2 Å². The summed E-state index contributed by atoms with van der Waals surface area (Å²) < 4.78 is 0. The summed E-state index contributed by atoms with van der Waals surface area (Å²) in [7, 11) is 0. The van der Waals surface area contributed by atoms with Gasteiger partial charge in [0.05, 0.1) is 0 Å². The van der Waals surface area contributed by atoms with Crippen molar-refractivity contribution in [1.29, 1.82) is 0 Å². The van der Waals surface area contributed by atoms with Crippen LogP contribution in [-0.4, -0.2) is 5.25 Å². The molecular weight excluding hydrogens is 214 g/mol. The lowest BCUT2D eigenvalue weighted by atomic mass is 9.99. The molecule has 1 heterocycles. The molecule has 14 heavy (non-hydrogen) atoms. The van der Waals surface area contributed by atoms with Crippen molar-refractivity contribution in [3.05, 3.63) is 34.3 Å². The zero-order valence-electron chi connectivity index (χ0n) is 8.16. The lowest BCUT2D eigenvalue weighted by Crippen LogP contribution is -2.14. The van der Waals surface area contributed by atoms with E-state index in [9.17, 15) is 0 Å². The quantitative estimate of drug-likeness (QED) is 0.736. The fraction of sp³-hybridized carbons (Fsp3) is 0.455. The van der Waals surface area contributed by atoms with Gasteiger partial charge in [0.25, 0.3) is 0 Å². The Labute approximate surface area is 94.0 Å². The minimum absolute atomic E-state index is 0.147. The average molecular weight is 228 g/mol. The van der Waals surface area contributed by atoms with Crippen molar-refractivity contribution in [3.63, 3.8) is 0 Å². The Morgan fingerprint density at radius 2 is 2.29 bits per heavy atom. The first-order chi connectivity index (χ1) is 6.66. The highest BCUT2D eigenvalue weighted by atomic mass is 35.5. The maximum absolute atomic E-state index is 6.13. The second kappa shape index (κ2) is 4.13. The number of nitrogens with two attached hydrogens (primary N) is 1. The Kier molecular flexibility index (Phi) is 3.05. The molecule has 1 aromatic carbocycles. The van der Waals surface area contributed by atoms with Gasteiger partial charge in [-0.2, -0.15) is 11.8 Å². The second-order valence-electron chi connectivity index (χ2n) is 3.81. The number of benzene rings is 1. The fourth-order valence-electron chi connectivity index (χ4n) is 1.83. The van der Waals surface area contributed by atoms with Crippen molar-refractivity contribution >= 4 is 23.4 Å². The maximum atomic E-state index is 6.13. The van der Waals surface area contributed by atoms with Gasteiger partial charge < -0.3 is 5.73 Å². The summed E-state index contributed by atoms with van der Waals surface area (Å²) in [4.78, 5) is 0. The third kappa shape index (κ3) is 2.08. The molecule has 2 rings (SSSR count). The Hall–Kier alpha value is -0.180. The number of thioether (sulfide) groups is 1. The van der Waals surface area contributed by atoms with Gasteiger partial charge in [-0.15, -0.1) is 0 Å². The van der Waals surface area contributed by atoms with Crippen LogP contribution in [0.4, 0.5) is 0 Å². The number of fused-ring (bicyclic) bond motifs is 1. The summed E-state index contributed by atoms with van der Waals surface area (Å²) in [6, 6.07) is 6.21. The van der Waals surface area contributed by atoms with Gasteiger partial charge in [-0.1, -0.05) is 24.6 Å². The van der Waals surface area contributed by atoms with Gasteiger partial charge in [0.1, 0.15) is 0 Å². The third-order valence-electron chi connectivity index (χ3n) is 2.62. The zero-order chi connectivity index (χ0) is 10.1. The average Bonchev–Trinajstić information content (AvgIpc) is 2.27. The Morgan fingerprint density at radius 1 is 1.50 bits per heavy atom. The summed E-state index contributed by atoms with van der Waals surface area (Å²) >= 11 is 7.94. The highest BCUT2D eigenvalue weighted by molar-refractivity contribution is 7.99. The van der Waals surface area contributed by atoms with Crippen molar-refractivity contribution in [2.24, 2.45) is 5.73 Å². The van der Waals surface area contributed by atoms with Crippen molar-refractivity contribution in [2.45, 2.75) is 30.4 Å². The lowest BCUT2D eigenvalue weighted by Gasteiger charge is -2.13. The van der Waals surface area contributed by atoms with E-state index in [1.165, 1.54) is 11.1 Å². The molecule has 3 heteroatoms. The Bertz CT molecular complexity index is 340. The van der Waals surface area contributed by atoms with E-state index in [2.05, 4.69) is 13.0 Å². The first kappa shape index (κ1) is 10.3. The largest absolute Gasteiger partial charge is 0.324 e. The first-order valence-corrected chi connectivity index (χ1v) is 6.25. The van der Waals surface area contributed by atoms with Gasteiger partial charge in [-0.25, -0.2) is 0 Å². The molecule has 0 saturated carbocycles. The molecule has 0 amide bonds. The molecular formula is C11H14ClNS. The number of hydrogen-bond donors (Lipinski definition) is 1. The summed E-state index contributed by atoms with van der Waals surface area (Å²) in [5, 5.41) is 1.43. The SMILES string of the molecule is CC1C[C@@H](N)c2cc(Cl)ccc2CS1. The van der Waals surface area contributed by atoms with Crippen LogP contribution in [-0.2, 0) is 5.75 Å². The minimum Gasteiger partial charge on any atom is -0.324 e. The molecule has 1 nitrogen and oxygen atoms in total. The molecule has 0 aromatic heterocycles. The molecule has 1 aromatic rings. The van der Waals surface area contributed by atoms with E-state index < -0.39 is 0 Å². The van der Waals surface area contributed by atoms with Crippen LogP contribution in [0.2, 0.25) is 5.02 Å². The van der Waals surface area contributed by atoms with E-state index >= 15 is 0 Å². The fourth-order valence-corrected chi connectivity index (χ4v) is 3.08. The molecule has 0 fully saturated rings. The molecule has 0 spiro atoms. The smallest absolute Gasteiger partial charge is 0.0409 e. The monoisotopic (exact) mass is 227 g/mol.